The summed E-state index contributed by atoms with van der Waals surface area (Å²) in [7, 11) is -5.94. The second-order valence-electron chi connectivity index (χ2n) is 5.69. The zero-order chi connectivity index (χ0) is 22.3. The monoisotopic (exact) mass is 454 g/mol. The fraction of sp³-hybridized carbons (Fsp3) is 0.118. The van der Waals surface area contributed by atoms with Gasteiger partial charge < -0.3 is 13.3 Å². The molecule has 0 bridgehead atoms. The van der Waals surface area contributed by atoms with Crippen LogP contribution in [0.25, 0.3) is 22.1 Å². The molecule has 3 rings (SSSR count). The normalized spacial score (nSPS) is 12.7. The van der Waals surface area contributed by atoms with Gasteiger partial charge in [0.15, 0.2) is 0 Å². The molecule has 0 fully saturated rings. The van der Waals surface area contributed by atoms with Gasteiger partial charge in [-0.1, -0.05) is 12.1 Å². The van der Waals surface area contributed by atoms with Gasteiger partial charge in [-0.15, -0.1) is 13.2 Å². The third kappa shape index (κ3) is 4.67. The van der Waals surface area contributed by atoms with Gasteiger partial charge in [-0.2, -0.15) is 21.6 Å². The molecule has 0 N–H and O–H groups in total. The van der Waals surface area contributed by atoms with Crippen molar-refractivity contribution in [3.05, 3.63) is 59.0 Å². The van der Waals surface area contributed by atoms with E-state index in [1.54, 1.807) is 0 Å². The number of alkyl halides is 6. The molecule has 0 unspecified atom stereocenters. The fourth-order valence-electron chi connectivity index (χ4n) is 2.44. The van der Waals surface area contributed by atoms with E-state index in [1.807, 2.05) is 0 Å². The topological polar surface area (TPSA) is 82.8 Å². The van der Waals surface area contributed by atoms with Crippen molar-refractivity contribution in [2.45, 2.75) is 11.9 Å². The third-order valence-corrected chi connectivity index (χ3v) is 4.58. The predicted octanol–water partition coefficient (Wildman–Crippen LogP) is 4.59. The van der Waals surface area contributed by atoms with Crippen LogP contribution in [0.15, 0.2) is 57.7 Å². The summed E-state index contributed by atoms with van der Waals surface area (Å²) in [6, 6.07) is 8.24. The molecular formula is C17H8F6O6S. The van der Waals surface area contributed by atoms with Crippen LogP contribution in [0, 0.1) is 0 Å². The minimum absolute atomic E-state index is 0.163. The summed E-state index contributed by atoms with van der Waals surface area (Å²) in [6.07, 6.45) is -4.89. The lowest BCUT2D eigenvalue weighted by Crippen LogP contribution is -2.28. The molecule has 0 spiro atoms. The fourth-order valence-corrected chi connectivity index (χ4v) is 2.90. The van der Waals surface area contributed by atoms with Gasteiger partial charge in [0.2, 0.25) is 0 Å². The van der Waals surface area contributed by atoms with E-state index in [0.29, 0.717) is 0 Å². The lowest BCUT2D eigenvalue weighted by Gasteiger charge is -2.11. The molecule has 0 aliphatic rings. The number of hydrogen-bond donors (Lipinski definition) is 0. The molecule has 30 heavy (non-hydrogen) atoms. The Bertz CT molecular complexity index is 1240. The maximum Gasteiger partial charge on any atom is 0.573 e. The second kappa shape index (κ2) is 7.23. The quantitative estimate of drug-likeness (QED) is 0.248. The summed E-state index contributed by atoms with van der Waals surface area (Å²) in [5.41, 5.74) is -6.47. The predicted molar refractivity (Wildman–Crippen MR) is 90.2 cm³/mol. The van der Waals surface area contributed by atoms with Gasteiger partial charge in [0.1, 0.15) is 17.1 Å². The molecule has 160 valence electrons. The minimum Gasteiger partial charge on any atom is -0.423 e. The highest BCUT2D eigenvalue weighted by molar-refractivity contribution is 7.88. The van der Waals surface area contributed by atoms with E-state index in [1.165, 1.54) is 12.1 Å². The van der Waals surface area contributed by atoms with E-state index in [9.17, 15) is 39.6 Å². The summed E-state index contributed by atoms with van der Waals surface area (Å²) in [5, 5.41) is 0.163. The first kappa shape index (κ1) is 21.5. The van der Waals surface area contributed by atoms with E-state index in [0.717, 1.165) is 36.4 Å². The number of hydrogen-bond acceptors (Lipinski definition) is 6. The SMILES string of the molecule is O=c1cc(-c2ccc(OC(F)(F)F)cc2)c2ccc(OS(=O)(=O)C(F)(F)F)cc2o1. The Hall–Kier alpha value is -3.22. The van der Waals surface area contributed by atoms with Crippen LogP contribution >= 0.6 is 0 Å². The molecule has 1 heterocycles. The second-order valence-corrected chi connectivity index (χ2v) is 7.23. The number of benzene rings is 2. The van der Waals surface area contributed by atoms with Crippen LogP contribution in [0.2, 0.25) is 0 Å². The molecule has 0 aliphatic carbocycles. The molecule has 0 radical (unpaired) electrons. The molecule has 0 aliphatic heterocycles. The lowest BCUT2D eigenvalue weighted by molar-refractivity contribution is -0.274. The van der Waals surface area contributed by atoms with Crippen molar-refractivity contribution in [3.63, 3.8) is 0 Å². The van der Waals surface area contributed by atoms with Gasteiger partial charge in [-0.25, -0.2) is 4.79 Å². The van der Waals surface area contributed by atoms with Crippen molar-refractivity contribution in [2.75, 3.05) is 0 Å². The van der Waals surface area contributed by atoms with Gasteiger partial charge in [0, 0.05) is 17.5 Å². The van der Waals surface area contributed by atoms with Crippen molar-refractivity contribution in [1.29, 1.82) is 0 Å². The molecule has 1 aromatic heterocycles. The highest BCUT2D eigenvalue weighted by Gasteiger charge is 2.48. The highest BCUT2D eigenvalue weighted by Crippen LogP contribution is 2.33. The van der Waals surface area contributed by atoms with Gasteiger partial charge in [-0.3, -0.25) is 0 Å². The van der Waals surface area contributed by atoms with Crippen molar-refractivity contribution >= 4 is 21.1 Å². The summed E-state index contributed by atoms with van der Waals surface area (Å²) in [4.78, 5) is 11.8. The van der Waals surface area contributed by atoms with Crippen LogP contribution in [0.1, 0.15) is 0 Å². The van der Waals surface area contributed by atoms with Crippen molar-refractivity contribution in [2.24, 2.45) is 0 Å². The summed E-state index contributed by atoms with van der Waals surface area (Å²) in [6.45, 7) is 0. The molecule has 0 saturated heterocycles. The van der Waals surface area contributed by atoms with E-state index < -0.39 is 39.1 Å². The minimum atomic E-state index is -5.94. The van der Waals surface area contributed by atoms with E-state index in [4.69, 9.17) is 4.42 Å². The highest BCUT2D eigenvalue weighted by atomic mass is 32.2. The number of halogens is 6. The Kier molecular flexibility index (Phi) is 5.18. The third-order valence-electron chi connectivity index (χ3n) is 3.60. The van der Waals surface area contributed by atoms with Crippen LogP contribution in [-0.4, -0.2) is 20.3 Å². The average molecular weight is 454 g/mol. The first-order chi connectivity index (χ1) is 13.7. The standard InChI is InChI=1S/C17H8F6O6S/c18-16(19,20)28-10-3-1-9(2-4-10)13-8-15(24)27-14-7-11(5-6-12(13)14)29-30(25,26)17(21,22)23/h1-8H. The van der Waals surface area contributed by atoms with Crippen LogP contribution in [0.5, 0.6) is 11.5 Å². The van der Waals surface area contributed by atoms with E-state index in [-0.39, 0.29) is 22.1 Å². The Morgan fingerprint density at radius 2 is 1.43 bits per heavy atom. The van der Waals surface area contributed by atoms with Crippen LogP contribution in [-0.2, 0) is 10.1 Å². The molecule has 3 aromatic rings. The zero-order valence-corrected chi connectivity index (χ0v) is 15.1. The van der Waals surface area contributed by atoms with Gasteiger partial charge in [-0.05, 0) is 35.4 Å². The maximum absolute atomic E-state index is 12.5. The number of fused-ring (bicyclic) bond motifs is 1. The molecule has 13 heteroatoms. The molecule has 0 amide bonds. The molecule has 0 atom stereocenters. The van der Waals surface area contributed by atoms with Gasteiger partial charge >= 0.3 is 27.6 Å². The van der Waals surface area contributed by atoms with Gasteiger partial charge in [0.05, 0.1) is 0 Å². The maximum atomic E-state index is 12.5. The molecule has 2 aromatic carbocycles. The zero-order valence-electron chi connectivity index (χ0n) is 14.2. The molecule has 6 nitrogen and oxygen atoms in total. The summed E-state index contributed by atoms with van der Waals surface area (Å²) in [5.74, 6) is -1.26. The Balaban J connectivity index is 2.02. The Morgan fingerprint density at radius 3 is 2.00 bits per heavy atom. The molecular weight excluding hydrogens is 446 g/mol. The van der Waals surface area contributed by atoms with E-state index in [2.05, 4.69) is 8.92 Å². The Morgan fingerprint density at radius 1 is 0.833 bits per heavy atom. The Labute approximate surface area is 163 Å². The van der Waals surface area contributed by atoms with E-state index >= 15 is 0 Å². The number of ether oxygens (including phenoxy) is 1. The summed E-state index contributed by atoms with van der Waals surface area (Å²) < 4.78 is 109. The smallest absolute Gasteiger partial charge is 0.423 e. The number of rotatable bonds is 4. The van der Waals surface area contributed by atoms with Crippen molar-refractivity contribution < 1.29 is 48.1 Å². The lowest BCUT2D eigenvalue weighted by atomic mass is 10.0. The first-order valence-corrected chi connectivity index (χ1v) is 9.11. The average Bonchev–Trinajstić information content (AvgIpc) is 2.58. The van der Waals surface area contributed by atoms with Crippen LogP contribution in [0.3, 0.4) is 0 Å². The summed E-state index contributed by atoms with van der Waals surface area (Å²) >= 11 is 0. The largest absolute Gasteiger partial charge is 0.573 e. The first-order valence-electron chi connectivity index (χ1n) is 7.70. The van der Waals surface area contributed by atoms with Crippen LogP contribution < -0.4 is 14.5 Å². The van der Waals surface area contributed by atoms with Gasteiger partial charge in [0.25, 0.3) is 0 Å². The van der Waals surface area contributed by atoms with Crippen molar-refractivity contribution in [3.8, 4) is 22.6 Å². The van der Waals surface area contributed by atoms with Crippen molar-refractivity contribution in [1.82, 2.24) is 0 Å². The molecule has 0 saturated carbocycles. The van der Waals surface area contributed by atoms with Crippen LogP contribution in [0.4, 0.5) is 26.3 Å².